The molecular formula is C15H20N2O3. The van der Waals surface area contributed by atoms with E-state index in [1.807, 2.05) is 0 Å². The second-order valence-electron chi connectivity index (χ2n) is 5.52. The Balaban J connectivity index is 1.94. The molecule has 1 amide bonds. The number of nitrogens with one attached hydrogen (secondary N) is 1. The molecule has 0 unspecified atom stereocenters. The van der Waals surface area contributed by atoms with Gasteiger partial charge < -0.3 is 5.32 Å². The van der Waals surface area contributed by atoms with Crippen LogP contribution < -0.4 is 5.32 Å². The minimum Gasteiger partial charge on any atom is -0.320 e. The number of benzene rings is 1. The van der Waals surface area contributed by atoms with Gasteiger partial charge in [0.1, 0.15) is 5.69 Å². The Labute approximate surface area is 118 Å². The number of amides is 1. The van der Waals surface area contributed by atoms with E-state index in [0.717, 1.165) is 12.0 Å². The lowest BCUT2D eigenvalue weighted by Crippen LogP contribution is -2.14. The zero-order valence-electron chi connectivity index (χ0n) is 11.7. The van der Waals surface area contributed by atoms with Gasteiger partial charge in [0, 0.05) is 12.5 Å². The second-order valence-corrected chi connectivity index (χ2v) is 5.52. The molecule has 1 aliphatic rings. The van der Waals surface area contributed by atoms with Gasteiger partial charge in [-0.15, -0.1) is 0 Å². The number of hydrogen-bond donors (Lipinski definition) is 1. The van der Waals surface area contributed by atoms with E-state index in [1.54, 1.807) is 19.1 Å². The van der Waals surface area contributed by atoms with Crippen molar-refractivity contribution in [1.82, 2.24) is 0 Å². The summed E-state index contributed by atoms with van der Waals surface area (Å²) < 4.78 is 0. The Morgan fingerprint density at radius 2 is 2.10 bits per heavy atom. The first kappa shape index (κ1) is 14.5. The number of carbonyl (C=O) groups excluding carboxylic acids is 1. The minimum atomic E-state index is -0.459. The smallest absolute Gasteiger partial charge is 0.293 e. The van der Waals surface area contributed by atoms with Crippen molar-refractivity contribution in [3.8, 4) is 0 Å². The second kappa shape index (κ2) is 6.50. The molecule has 0 heterocycles. The maximum absolute atomic E-state index is 11.9. The van der Waals surface area contributed by atoms with Crippen LogP contribution in [0.25, 0.3) is 0 Å². The fourth-order valence-electron chi connectivity index (χ4n) is 2.75. The summed E-state index contributed by atoms with van der Waals surface area (Å²) in [6, 6.07) is 4.84. The highest BCUT2D eigenvalue weighted by atomic mass is 16.6. The Bertz CT molecular complexity index is 508. The van der Waals surface area contributed by atoms with Crippen molar-refractivity contribution in [2.45, 2.75) is 45.4 Å². The molecule has 20 heavy (non-hydrogen) atoms. The van der Waals surface area contributed by atoms with Gasteiger partial charge in [0.2, 0.25) is 5.91 Å². The van der Waals surface area contributed by atoms with Crippen LogP contribution in [0.5, 0.6) is 0 Å². The molecule has 5 nitrogen and oxygen atoms in total. The molecule has 0 aromatic heterocycles. The van der Waals surface area contributed by atoms with E-state index in [1.165, 1.54) is 31.7 Å². The summed E-state index contributed by atoms with van der Waals surface area (Å²) in [4.78, 5) is 22.4. The standard InChI is InChI=1S/C15H20N2O3/c1-11-6-8-13(14(10-11)17(19)20)16-15(18)9-7-12-4-2-3-5-12/h6,8,10,12H,2-5,7,9H2,1H3,(H,16,18). The molecule has 0 radical (unpaired) electrons. The third-order valence-electron chi connectivity index (χ3n) is 3.88. The number of rotatable bonds is 5. The third-order valence-corrected chi connectivity index (χ3v) is 3.88. The number of hydrogen-bond acceptors (Lipinski definition) is 3. The van der Waals surface area contributed by atoms with Crippen LogP contribution in [0.4, 0.5) is 11.4 Å². The molecule has 1 aliphatic carbocycles. The fourth-order valence-corrected chi connectivity index (χ4v) is 2.75. The lowest BCUT2D eigenvalue weighted by atomic mass is 10.0. The van der Waals surface area contributed by atoms with Crippen molar-refractivity contribution in [2.24, 2.45) is 5.92 Å². The summed E-state index contributed by atoms with van der Waals surface area (Å²) >= 11 is 0. The van der Waals surface area contributed by atoms with E-state index in [9.17, 15) is 14.9 Å². The van der Waals surface area contributed by atoms with Gasteiger partial charge in [-0.3, -0.25) is 14.9 Å². The molecule has 1 N–H and O–H groups in total. The first-order valence-corrected chi connectivity index (χ1v) is 7.11. The van der Waals surface area contributed by atoms with Crippen LogP contribution in [0.3, 0.4) is 0 Å². The monoisotopic (exact) mass is 276 g/mol. The SMILES string of the molecule is Cc1ccc(NC(=O)CCC2CCCC2)c([N+](=O)[O-])c1. The van der Waals surface area contributed by atoms with E-state index in [2.05, 4.69) is 5.32 Å². The van der Waals surface area contributed by atoms with Gasteiger partial charge in [0.15, 0.2) is 0 Å². The van der Waals surface area contributed by atoms with Crippen molar-refractivity contribution >= 4 is 17.3 Å². The molecule has 1 saturated carbocycles. The van der Waals surface area contributed by atoms with Gasteiger partial charge >= 0.3 is 0 Å². The molecule has 1 fully saturated rings. The summed E-state index contributed by atoms with van der Waals surface area (Å²) in [5.41, 5.74) is 1.05. The lowest BCUT2D eigenvalue weighted by Gasteiger charge is -2.09. The number of nitro benzene ring substituents is 1. The average Bonchev–Trinajstić information content (AvgIpc) is 2.91. The van der Waals surface area contributed by atoms with Crippen molar-refractivity contribution < 1.29 is 9.72 Å². The van der Waals surface area contributed by atoms with Crippen LogP contribution in [-0.4, -0.2) is 10.8 Å². The highest BCUT2D eigenvalue weighted by molar-refractivity contribution is 5.93. The summed E-state index contributed by atoms with van der Waals surface area (Å²) in [5.74, 6) is 0.512. The number of nitrogens with zero attached hydrogens (tertiary/aromatic N) is 1. The predicted molar refractivity (Wildman–Crippen MR) is 77.7 cm³/mol. The van der Waals surface area contributed by atoms with Crippen LogP contribution in [0.15, 0.2) is 18.2 Å². The largest absolute Gasteiger partial charge is 0.320 e. The predicted octanol–water partition coefficient (Wildman–Crippen LogP) is 3.81. The molecule has 0 atom stereocenters. The third kappa shape index (κ3) is 3.79. The Hall–Kier alpha value is -1.91. The van der Waals surface area contributed by atoms with Crippen molar-refractivity contribution in [2.75, 3.05) is 5.32 Å². The summed E-state index contributed by atoms with van der Waals surface area (Å²) in [6.07, 6.45) is 6.25. The fraction of sp³-hybridized carbons (Fsp3) is 0.533. The maximum atomic E-state index is 11.9. The van der Waals surface area contributed by atoms with Gasteiger partial charge in [-0.05, 0) is 30.9 Å². The molecule has 5 heteroatoms. The summed E-state index contributed by atoms with van der Waals surface area (Å²) in [6.45, 7) is 1.79. The van der Waals surface area contributed by atoms with E-state index >= 15 is 0 Å². The zero-order chi connectivity index (χ0) is 14.5. The van der Waals surface area contributed by atoms with Gasteiger partial charge in [-0.2, -0.15) is 0 Å². The molecule has 108 valence electrons. The van der Waals surface area contributed by atoms with E-state index in [-0.39, 0.29) is 17.3 Å². The number of aryl methyl sites for hydroxylation is 1. The molecule has 0 aliphatic heterocycles. The van der Waals surface area contributed by atoms with E-state index < -0.39 is 4.92 Å². The average molecular weight is 276 g/mol. The first-order chi connectivity index (χ1) is 9.56. The van der Waals surface area contributed by atoms with Crippen LogP contribution >= 0.6 is 0 Å². The van der Waals surface area contributed by atoms with Crippen LogP contribution in [0.1, 0.15) is 44.1 Å². The van der Waals surface area contributed by atoms with E-state index in [0.29, 0.717) is 12.3 Å². The number of anilines is 1. The van der Waals surface area contributed by atoms with Crippen LogP contribution in [0.2, 0.25) is 0 Å². The Morgan fingerprint density at radius 3 is 2.75 bits per heavy atom. The molecule has 1 aromatic rings. The number of carbonyl (C=O) groups is 1. The van der Waals surface area contributed by atoms with E-state index in [4.69, 9.17) is 0 Å². The maximum Gasteiger partial charge on any atom is 0.293 e. The van der Waals surface area contributed by atoms with Gasteiger partial charge in [0.25, 0.3) is 5.69 Å². The normalized spacial score (nSPS) is 15.2. The highest BCUT2D eigenvalue weighted by Gasteiger charge is 2.18. The minimum absolute atomic E-state index is 0.0424. The number of nitro groups is 1. The first-order valence-electron chi connectivity index (χ1n) is 7.11. The molecule has 2 rings (SSSR count). The molecule has 0 bridgehead atoms. The summed E-state index contributed by atoms with van der Waals surface area (Å²) in [5, 5.41) is 13.6. The van der Waals surface area contributed by atoms with Crippen LogP contribution in [0, 0.1) is 23.0 Å². The molecule has 1 aromatic carbocycles. The molecular weight excluding hydrogens is 256 g/mol. The molecule has 0 saturated heterocycles. The topological polar surface area (TPSA) is 72.2 Å². The lowest BCUT2D eigenvalue weighted by molar-refractivity contribution is -0.384. The summed E-state index contributed by atoms with van der Waals surface area (Å²) in [7, 11) is 0. The highest BCUT2D eigenvalue weighted by Crippen LogP contribution is 2.29. The van der Waals surface area contributed by atoms with Crippen LogP contribution in [-0.2, 0) is 4.79 Å². The van der Waals surface area contributed by atoms with Crippen molar-refractivity contribution in [3.63, 3.8) is 0 Å². The molecule has 0 spiro atoms. The van der Waals surface area contributed by atoms with Gasteiger partial charge in [0.05, 0.1) is 4.92 Å². The van der Waals surface area contributed by atoms with Crippen molar-refractivity contribution in [3.05, 3.63) is 33.9 Å². The van der Waals surface area contributed by atoms with Crippen molar-refractivity contribution in [1.29, 1.82) is 0 Å². The van der Waals surface area contributed by atoms with Gasteiger partial charge in [-0.1, -0.05) is 31.7 Å². The Kier molecular flexibility index (Phi) is 4.71. The Morgan fingerprint density at radius 1 is 1.40 bits per heavy atom. The quantitative estimate of drug-likeness (QED) is 0.656. The van der Waals surface area contributed by atoms with Gasteiger partial charge in [-0.25, -0.2) is 0 Å². The zero-order valence-corrected chi connectivity index (χ0v) is 11.7.